The summed E-state index contributed by atoms with van der Waals surface area (Å²) in [7, 11) is -8.65. The molecule has 0 amide bonds. The van der Waals surface area contributed by atoms with Gasteiger partial charge in [-0.1, -0.05) is 12.1 Å². The molecule has 3 aromatic carbocycles. The van der Waals surface area contributed by atoms with Crippen LogP contribution in [-0.2, 0) is 20.0 Å². The number of benzene rings is 3. The Morgan fingerprint density at radius 3 is 1.34 bits per heavy atom. The van der Waals surface area contributed by atoms with Crippen molar-refractivity contribution in [3.8, 4) is 0 Å². The first kappa shape index (κ1) is 32.3. The van der Waals surface area contributed by atoms with Gasteiger partial charge in [-0.15, -0.1) is 4.91 Å². The molecule has 2 fully saturated rings. The molecule has 2 N–H and O–H groups in total. The second kappa shape index (κ2) is 11.4. The molecule has 0 aliphatic carbocycles. The van der Waals surface area contributed by atoms with Crippen LogP contribution in [-0.4, -0.2) is 69.2 Å². The monoisotopic (exact) mass is 668 g/mol. The first-order valence-electron chi connectivity index (χ1n) is 13.4. The number of hydrogen-bond donors (Lipinski definition) is 2. The normalized spacial score (nSPS) is 19.1. The van der Waals surface area contributed by atoms with E-state index in [4.69, 9.17) is 0 Å². The summed E-state index contributed by atoms with van der Waals surface area (Å²) in [5, 5.41) is 13.0. The van der Waals surface area contributed by atoms with Crippen molar-refractivity contribution < 1.29 is 48.4 Å². The minimum atomic E-state index is -4.45. The number of hydrogen-bond acceptors (Lipinski definition) is 8. The highest BCUT2D eigenvalue weighted by Gasteiger charge is 2.44. The third-order valence-electron chi connectivity index (χ3n) is 8.34. The number of halogens is 6. The van der Waals surface area contributed by atoms with Crippen LogP contribution in [0, 0.1) is 16.7 Å². The van der Waals surface area contributed by atoms with E-state index < -0.39 is 69.9 Å². The lowest BCUT2D eigenvalue weighted by molar-refractivity contribution is -0.183. The Morgan fingerprint density at radius 2 is 1.05 bits per heavy atom. The van der Waals surface area contributed by atoms with Crippen molar-refractivity contribution in [2.75, 3.05) is 31.7 Å². The fraction of sp³-hybridized carbons (Fsp3) is 0.462. The van der Waals surface area contributed by atoms with Gasteiger partial charge in [0.25, 0.3) is 0 Å². The largest absolute Gasteiger partial charge is 0.391 e. The average molecular weight is 669 g/mol. The predicted octanol–water partition coefficient (Wildman–Crippen LogP) is 6.12. The van der Waals surface area contributed by atoms with Crippen molar-refractivity contribution in [2.45, 2.75) is 47.8 Å². The van der Waals surface area contributed by atoms with E-state index in [2.05, 4.69) is 5.18 Å². The second-order valence-electron chi connectivity index (χ2n) is 10.8. The van der Waals surface area contributed by atoms with E-state index in [9.17, 15) is 53.3 Å². The highest BCUT2D eigenvalue weighted by Crippen LogP contribution is 2.44. The summed E-state index contributed by atoms with van der Waals surface area (Å²) in [5.41, 5.74) is 1.57. The standard InChI is InChI=1S/C26H26F6N4O6S2/c27-25(28,29)15-5-9-35(10-6-15)43(39,40)17-1-3-19-21(13-17)24(34-38)22-14-18(2-4-20(22)23(19)33-37)44(41,42)36-11-7-16(8-12-36)26(30,31)32/h1-4,13-16,33,37H,5-12H2. The van der Waals surface area contributed by atoms with Crippen LogP contribution in [0.3, 0.4) is 0 Å². The van der Waals surface area contributed by atoms with Gasteiger partial charge in [0.15, 0.2) is 0 Å². The number of nitrogens with one attached hydrogen (secondary N) is 1. The SMILES string of the molecule is O=Nc1c2cc(S(=O)(=O)N3CCC(C(F)(F)F)CC3)ccc2c(NO)c2ccc(S(=O)(=O)N3CCC(C(F)(F)F)CC3)cc12. The predicted molar refractivity (Wildman–Crippen MR) is 147 cm³/mol. The van der Waals surface area contributed by atoms with Crippen molar-refractivity contribution >= 4 is 53.0 Å². The molecule has 0 spiro atoms. The zero-order valence-electron chi connectivity index (χ0n) is 22.7. The Balaban J connectivity index is 1.56. The first-order chi connectivity index (χ1) is 20.5. The minimum absolute atomic E-state index is 0.0210. The molecular weight excluding hydrogens is 642 g/mol. The maximum Gasteiger partial charge on any atom is 0.391 e. The van der Waals surface area contributed by atoms with Crippen molar-refractivity contribution in [3.05, 3.63) is 41.3 Å². The molecule has 18 heteroatoms. The summed E-state index contributed by atoms with van der Waals surface area (Å²) in [4.78, 5) is 11.4. The van der Waals surface area contributed by atoms with Crippen molar-refractivity contribution in [1.82, 2.24) is 8.61 Å². The smallest absolute Gasteiger partial charge is 0.291 e. The van der Waals surface area contributed by atoms with Crippen LogP contribution in [0.4, 0.5) is 37.7 Å². The van der Waals surface area contributed by atoms with Gasteiger partial charge in [0.2, 0.25) is 20.0 Å². The van der Waals surface area contributed by atoms with Gasteiger partial charge >= 0.3 is 12.4 Å². The maximum absolute atomic E-state index is 13.4. The summed E-state index contributed by atoms with van der Waals surface area (Å²) in [6.07, 6.45) is -10.6. The van der Waals surface area contributed by atoms with Crippen LogP contribution in [0.25, 0.3) is 21.5 Å². The Morgan fingerprint density at radius 1 is 0.682 bits per heavy atom. The van der Waals surface area contributed by atoms with E-state index in [1.54, 1.807) is 0 Å². The van der Waals surface area contributed by atoms with Crippen LogP contribution in [0.5, 0.6) is 0 Å². The zero-order chi connectivity index (χ0) is 32.2. The van der Waals surface area contributed by atoms with Gasteiger partial charge in [0.05, 0.1) is 27.3 Å². The molecule has 0 radical (unpaired) electrons. The molecule has 44 heavy (non-hydrogen) atoms. The summed E-state index contributed by atoms with van der Waals surface area (Å²) < 4.78 is 134. The molecule has 0 bridgehead atoms. The van der Waals surface area contributed by atoms with E-state index in [0.717, 1.165) is 32.9 Å². The summed E-state index contributed by atoms with van der Waals surface area (Å²) in [6, 6.07) is 7.01. The number of piperidine rings is 2. The molecule has 5 rings (SSSR count). The van der Waals surface area contributed by atoms with Crippen LogP contribution in [0.1, 0.15) is 25.7 Å². The molecule has 0 unspecified atom stereocenters. The van der Waals surface area contributed by atoms with Crippen molar-refractivity contribution in [2.24, 2.45) is 17.0 Å². The van der Waals surface area contributed by atoms with E-state index >= 15 is 0 Å². The summed E-state index contributed by atoms with van der Waals surface area (Å²) in [6.45, 7) is -1.53. The topological polar surface area (TPSA) is 136 Å². The number of nitrogens with zero attached hydrogens (tertiary/aromatic N) is 3. The molecule has 2 aliphatic rings. The minimum Gasteiger partial charge on any atom is -0.291 e. The number of rotatable bonds is 6. The highest BCUT2D eigenvalue weighted by atomic mass is 32.2. The Hall–Kier alpha value is -3.06. The number of nitroso groups, excluding NO2 is 1. The van der Waals surface area contributed by atoms with Gasteiger partial charge in [0, 0.05) is 47.7 Å². The molecule has 10 nitrogen and oxygen atoms in total. The number of sulfonamides is 2. The fourth-order valence-corrected chi connectivity index (χ4v) is 8.84. The lowest BCUT2D eigenvalue weighted by Crippen LogP contribution is -2.42. The quantitative estimate of drug-likeness (QED) is 0.140. The Labute approximate surface area is 247 Å². The lowest BCUT2D eigenvalue weighted by atomic mass is 9.98. The van der Waals surface area contributed by atoms with Crippen LogP contribution in [0.2, 0.25) is 0 Å². The Bertz CT molecular complexity index is 1690. The number of anilines is 1. The Kier molecular flexibility index (Phi) is 8.37. The van der Waals surface area contributed by atoms with Crippen LogP contribution >= 0.6 is 0 Å². The zero-order valence-corrected chi connectivity index (χ0v) is 24.3. The van der Waals surface area contributed by atoms with Gasteiger partial charge in [-0.2, -0.15) is 35.0 Å². The molecule has 0 aromatic heterocycles. The van der Waals surface area contributed by atoms with Gasteiger partial charge in [-0.25, -0.2) is 16.8 Å². The third kappa shape index (κ3) is 5.73. The average Bonchev–Trinajstić information content (AvgIpc) is 2.98. The van der Waals surface area contributed by atoms with Crippen molar-refractivity contribution in [1.29, 1.82) is 0 Å². The van der Waals surface area contributed by atoms with E-state index in [-0.39, 0.29) is 68.9 Å². The van der Waals surface area contributed by atoms with Crippen LogP contribution in [0.15, 0.2) is 51.4 Å². The molecule has 3 aromatic rings. The van der Waals surface area contributed by atoms with E-state index in [1.165, 1.54) is 12.1 Å². The van der Waals surface area contributed by atoms with Gasteiger partial charge in [0.1, 0.15) is 5.69 Å². The van der Waals surface area contributed by atoms with Crippen LogP contribution < -0.4 is 5.48 Å². The van der Waals surface area contributed by atoms with Gasteiger partial charge in [-0.3, -0.25) is 10.7 Å². The summed E-state index contributed by atoms with van der Waals surface area (Å²) in [5.74, 6) is -3.27. The maximum atomic E-state index is 13.4. The number of fused-ring (bicyclic) bond motifs is 2. The molecule has 2 saturated heterocycles. The third-order valence-corrected chi connectivity index (χ3v) is 12.1. The van der Waals surface area contributed by atoms with Gasteiger partial charge in [-0.05, 0) is 55.1 Å². The van der Waals surface area contributed by atoms with Gasteiger partial charge < -0.3 is 0 Å². The summed E-state index contributed by atoms with van der Waals surface area (Å²) >= 11 is 0. The molecule has 0 atom stereocenters. The molecule has 240 valence electrons. The molecule has 0 saturated carbocycles. The second-order valence-corrected chi connectivity index (χ2v) is 14.7. The highest BCUT2D eigenvalue weighted by molar-refractivity contribution is 7.89. The van der Waals surface area contributed by atoms with E-state index in [1.807, 2.05) is 5.48 Å². The number of alkyl halides is 6. The first-order valence-corrected chi connectivity index (χ1v) is 16.3. The lowest BCUT2D eigenvalue weighted by Gasteiger charge is -2.32. The molecule has 2 heterocycles. The fourth-order valence-electron chi connectivity index (χ4n) is 5.85. The molecule has 2 aliphatic heterocycles. The molecular formula is C26H26F6N4O6S2. The van der Waals surface area contributed by atoms with E-state index in [0.29, 0.717) is 0 Å². The van der Waals surface area contributed by atoms with Crippen molar-refractivity contribution in [3.63, 3.8) is 0 Å².